The summed E-state index contributed by atoms with van der Waals surface area (Å²) in [6.45, 7) is 1.72. The van der Waals surface area contributed by atoms with Gasteiger partial charge in [-0.2, -0.15) is 13.2 Å². The molecule has 0 amide bonds. The van der Waals surface area contributed by atoms with Gasteiger partial charge in [-0.3, -0.25) is 0 Å². The summed E-state index contributed by atoms with van der Waals surface area (Å²) in [7, 11) is 0. The molecule has 0 aliphatic rings. The van der Waals surface area contributed by atoms with Gasteiger partial charge in [0, 0.05) is 0 Å². The van der Waals surface area contributed by atoms with Crippen molar-refractivity contribution in [2.24, 2.45) is 0 Å². The minimum Gasteiger partial charge on any atom is -0.504 e. The number of esters is 1. The Morgan fingerprint density at radius 3 is 2.39 bits per heavy atom. The van der Waals surface area contributed by atoms with Gasteiger partial charge in [-0.1, -0.05) is 29.8 Å². The zero-order chi connectivity index (χ0) is 13.8. The Hall–Kier alpha value is -1.98. The standard InChI is InChI=1S/C12H11F3O3/c1-8-2-4-9(5-3-8)7-18-11(17)6-10(16)12(13,14)15/h2-6,16H,7H2,1H3/b10-6-. The minimum atomic E-state index is -4.94. The topological polar surface area (TPSA) is 46.5 Å². The number of ether oxygens (including phenoxy) is 1. The lowest BCUT2D eigenvalue weighted by atomic mass is 10.2. The molecule has 6 heteroatoms. The maximum Gasteiger partial charge on any atom is 0.448 e. The Balaban J connectivity index is 2.54. The molecule has 0 aromatic heterocycles. The van der Waals surface area contributed by atoms with E-state index in [2.05, 4.69) is 4.74 Å². The third-order valence-electron chi connectivity index (χ3n) is 2.05. The lowest BCUT2D eigenvalue weighted by molar-refractivity contribution is -0.142. The average Bonchev–Trinajstić information content (AvgIpc) is 2.27. The van der Waals surface area contributed by atoms with Crippen molar-refractivity contribution in [1.29, 1.82) is 0 Å². The molecule has 0 saturated carbocycles. The van der Waals surface area contributed by atoms with E-state index in [1.807, 2.05) is 6.92 Å². The molecule has 0 spiro atoms. The van der Waals surface area contributed by atoms with Crippen LogP contribution in [0.5, 0.6) is 0 Å². The van der Waals surface area contributed by atoms with Crippen LogP contribution >= 0.6 is 0 Å². The molecule has 1 rings (SSSR count). The quantitative estimate of drug-likeness (QED) is 0.516. The summed E-state index contributed by atoms with van der Waals surface area (Å²) >= 11 is 0. The number of aliphatic hydroxyl groups excluding tert-OH is 1. The molecule has 0 fully saturated rings. The van der Waals surface area contributed by atoms with Crippen LogP contribution in [0, 0.1) is 6.92 Å². The van der Waals surface area contributed by atoms with Gasteiger partial charge in [0.2, 0.25) is 5.76 Å². The molecule has 0 aliphatic carbocycles. The zero-order valence-corrected chi connectivity index (χ0v) is 9.49. The number of halogens is 3. The van der Waals surface area contributed by atoms with Crippen molar-refractivity contribution >= 4 is 5.97 Å². The van der Waals surface area contributed by atoms with E-state index < -0.39 is 17.9 Å². The Labute approximate surface area is 101 Å². The smallest absolute Gasteiger partial charge is 0.448 e. The number of hydrogen-bond donors (Lipinski definition) is 1. The number of benzene rings is 1. The summed E-state index contributed by atoms with van der Waals surface area (Å²) < 4.78 is 40.2. The number of hydrogen-bond acceptors (Lipinski definition) is 3. The van der Waals surface area contributed by atoms with Crippen LogP contribution in [0.15, 0.2) is 36.1 Å². The second-order valence-corrected chi connectivity index (χ2v) is 3.62. The van der Waals surface area contributed by atoms with Crippen molar-refractivity contribution < 1.29 is 27.8 Å². The minimum absolute atomic E-state index is 0.00813. The summed E-state index contributed by atoms with van der Waals surface area (Å²) in [6.07, 6.45) is -4.93. The van der Waals surface area contributed by atoms with Crippen LogP contribution in [-0.2, 0) is 16.1 Å². The van der Waals surface area contributed by atoms with Gasteiger partial charge < -0.3 is 9.84 Å². The Bertz CT molecular complexity index is 447. The first-order valence-corrected chi connectivity index (χ1v) is 4.99. The summed E-state index contributed by atoms with van der Waals surface area (Å²) in [5.74, 6) is -3.22. The molecule has 98 valence electrons. The van der Waals surface area contributed by atoms with Gasteiger partial charge in [-0.05, 0) is 12.5 Å². The predicted molar refractivity (Wildman–Crippen MR) is 57.7 cm³/mol. The Kier molecular flexibility index (Phi) is 4.36. The number of aryl methyl sites for hydroxylation is 1. The van der Waals surface area contributed by atoms with Gasteiger partial charge >= 0.3 is 12.1 Å². The molecule has 18 heavy (non-hydrogen) atoms. The van der Waals surface area contributed by atoms with Crippen LogP contribution in [0.2, 0.25) is 0 Å². The van der Waals surface area contributed by atoms with E-state index in [9.17, 15) is 18.0 Å². The highest BCUT2D eigenvalue weighted by atomic mass is 19.4. The lowest BCUT2D eigenvalue weighted by Crippen LogP contribution is -2.14. The molecule has 1 N–H and O–H groups in total. The largest absolute Gasteiger partial charge is 0.504 e. The molecular formula is C12H11F3O3. The lowest BCUT2D eigenvalue weighted by Gasteiger charge is -2.05. The van der Waals surface area contributed by atoms with E-state index in [1.165, 1.54) is 0 Å². The molecule has 0 atom stereocenters. The van der Waals surface area contributed by atoms with Crippen LogP contribution < -0.4 is 0 Å². The van der Waals surface area contributed by atoms with Gasteiger partial charge in [0.25, 0.3) is 0 Å². The van der Waals surface area contributed by atoms with E-state index in [1.54, 1.807) is 24.3 Å². The third-order valence-corrected chi connectivity index (χ3v) is 2.05. The SMILES string of the molecule is Cc1ccc(COC(=O)/C=C(\O)C(F)(F)F)cc1. The molecule has 1 aromatic carbocycles. The van der Waals surface area contributed by atoms with Crippen LogP contribution in [0.3, 0.4) is 0 Å². The van der Waals surface area contributed by atoms with E-state index in [0.29, 0.717) is 5.56 Å². The molecule has 0 saturated heterocycles. The second kappa shape index (κ2) is 5.57. The maximum atomic E-state index is 11.9. The number of carbonyl (C=O) groups excluding carboxylic acids is 1. The van der Waals surface area contributed by atoms with Crippen molar-refractivity contribution in [2.75, 3.05) is 0 Å². The fraction of sp³-hybridized carbons (Fsp3) is 0.250. The van der Waals surface area contributed by atoms with Crippen molar-refractivity contribution in [3.63, 3.8) is 0 Å². The number of carbonyl (C=O) groups is 1. The molecule has 1 aromatic rings. The fourth-order valence-corrected chi connectivity index (χ4v) is 1.07. The maximum absolute atomic E-state index is 11.9. The summed E-state index contributed by atoms with van der Waals surface area (Å²) in [5.41, 5.74) is 1.66. The molecule has 0 unspecified atom stereocenters. The van der Waals surface area contributed by atoms with Crippen LogP contribution in [0.1, 0.15) is 11.1 Å². The first-order valence-electron chi connectivity index (χ1n) is 4.99. The van der Waals surface area contributed by atoms with E-state index in [4.69, 9.17) is 5.11 Å². The van der Waals surface area contributed by atoms with Gasteiger partial charge in [0.1, 0.15) is 6.61 Å². The number of alkyl halides is 3. The van der Waals surface area contributed by atoms with Gasteiger partial charge in [-0.15, -0.1) is 0 Å². The zero-order valence-electron chi connectivity index (χ0n) is 9.49. The number of aliphatic hydroxyl groups is 1. The second-order valence-electron chi connectivity index (χ2n) is 3.62. The molecule has 3 nitrogen and oxygen atoms in total. The number of rotatable bonds is 3. The number of allylic oxidation sites excluding steroid dienone is 1. The van der Waals surface area contributed by atoms with Gasteiger partial charge in [0.05, 0.1) is 6.08 Å². The summed E-state index contributed by atoms with van der Waals surface area (Å²) in [5, 5.41) is 8.52. The third kappa shape index (κ3) is 4.48. The van der Waals surface area contributed by atoms with E-state index in [0.717, 1.165) is 5.56 Å². The van der Waals surface area contributed by atoms with Gasteiger partial charge in [-0.25, -0.2) is 4.79 Å². The van der Waals surface area contributed by atoms with Crippen molar-refractivity contribution in [3.8, 4) is 0 Å². The Morgan fingerprint density at radius 2 is 1.89 bits per heavy atom. The van der Waals surface area contributed by atoms with Crippen LogP contribution in [0.4, 0.5) is 13.2 Å². The van der Waals surface area contributed by atoms with Crippen molar-refractivity contribution in [2.45, 2.75) is 19.7 Å². The average molecular weight is 260 g/mol. The van der Waals surface area contributed by atoms with Crippen molar-refractivity contribution in [1.82, 2.24) is 0 Å². The van der Waals surface area contributed by atoms with E-state index in [-0.39, 0.29) is 12.7 Å². The summed E-state index contributed by atoms with van der Waals surface area (Å²) in [4.78, 5) is 11.0. The predicted octanol–water partition coefficient (Wildman–Crippen LogP) is 3.04. The molecular weight excluding hydrogens is 249 g/mol. The highest BCUT2D eigenvalue weighted by molar-refractivity contribution is 5.82. The molecule has 0 heterocycles. The van der Waals surface area contributed by atoms with Crippen LogP contribution in [0.25, 0.3) is 0 Å². The van der Waals surface area contributed by atoms with Crippen molar-refractivity contribution in [3.05, 3.63) is 47.2 Å². The van der Waals surface area contributed by atoms with E-state index >= 15 is 0 Å². The van der Waals surface area contributed by atoms with Crippen LogP contribution in [-0.4, -0.2) is 17.3 Å². The molecule has 0 bridgehead atoms. The first-order chi connectivity index (χ1) is 8.29. The Morgan fingerprint density at radius 1 is 1.33 bits per heavy atom. The first kappa shape index (κ1) is 14.1. The highest BCUT2D eigenvalue weighted by Gasteiger charge is 2.34. The molecule has 0 aliphatic heterocycles. The van der Waals surface area contributed by atoms with Gasteiger partial charge in [0.15, 0.2) is 0 Å². The molecule has 0 radical (unpaired) electrons. The fourth-order valence-electron chi connectivity index (χ4n) is 1.07. The highest BCUT2D eigenvalue weighted by Crippen LogP contribution is 2.22. The summed E-state index contributed by atoms with van der Waals surface area (Å²) in [6, 6.07) is 6.95. The normalized spacial score (nSPS) is 12.3. The monoisotopic (exact) mass is 260 g/mol.